The molecule has 0 aromatic carbocycles. The molecular formula is C13H19N3O5. The van der Waals surface area contributed by atoms with E-state index in [1.165, 1.54) is 16.8 Å². The molecule has 0 aliphatic carbocycles. The van der Waals surface area contributed by atoms with E-state index in [4.69, 9.17) is 0 Å². The Hall–Kier alpha value is -2.12. The Kier molecular flexibility index (Phi) is 3.89. The van der Waals surface area contributed by atoms with Gasteiger partial charge in [0, 0.05) is 20.1 Å². The van der Waals surface area contributed by atoms with Crippen molar-refractivity contribution in [1.29, 1.82) is 0 Å². The van der Waals surface area contributed by atoms with Gasteiger partial charge >= 0.3 is 12.0 Å². The van der Waals surface area contributed by atoms with E-state index in [-0.39, 0.29) is 25.5 Å². The highest BCUT2D eigenvalue weighted by atomic mass is 16.4. The first-order valence-electron chi connectivity index (χ1n) is 6.81. The van der Waals surface area contributed by atoms with Crippen LogP contribution in [0.1, 0.15) is 19.8 Å². The zero-order chi connectivity index (χ0) is 15.8. The molecule has 8 nitrogen and oxygen atoms in total. The smallest absolute Gasteiger partial charge is 0.327 e. The predicted molar refractivity (Wildman–Crippen MR) is 71.3 cm³/mol. The molecule has 0 spiro atoms. The second-order valence-corrected chi connectivity index (χ2v) is 5.90. The fourth-order valence-corrected chi connectivity index (χ4v) is 2.69. The van der Waals surface area contributed by atoms with Gasteiger partial charge in [-0.05, 0) is 19.8 Å². The predicted octanol–water partition coefficient (Wildman–Crippen LogP) is -0.406. The number of imide groups is 1. The molecule has 2 heterocycles. The molecule has 1 N–H and O–H groups in total. The van der Waals surface area contributed by atoms with Crippen LogP contribution in [0, 0.1) is 5.41 Å². The van der Waals surface area contributed by atoms with Gasteiger partial charge in [-0.25, -0.2) is 4.79 Å². The third kappa shape index (κ3) is 2.84. The lowest BCUT2D eigenvalue weighted by atomic mass is 9.82. The maximum Gasteiger partial charge on any atom is 0.327 e. The van der Waals surface area contributed by atoms with Crippen LogP contribution in [0.25, 0.3) is 0 Å². The lowest BCUT2D eigenvalue weighted by molar-refractivity contribution is -0.154. The third-order valence-corrected chi connectivity index (χ3v) is 4.09. The number of hydrogen-bond acceptors (Lipinski definition) is 4. The quantitative estimate of drug-likeness (QED) is 0.714. The van der Waals surface area contributed by atoms with Gasteiger partial charge in [0.15, 0.2) is 0 Å². The third-order valence-electron chi connectivity index (χ3n) is 4.09. The normalized spacial score (nSPS) is 26.5. The molecule has 21 heavy (non-hydrogen) atoms. The van der Waals surface area contributed by atoms with Gasteiger partial charge in [-0.15, -0.1) is 0 Å². The van der Waals surface area contributed by atoms with E-state index in [9.17, 15) is 24.3 Å². The summed E-state index contributed by atoms with van der Waals surface area (Å²) in [7, 11) is 1.49. The summed E-state index contributed by atoms with van der Waals surface area (Å²) in [6, 6.07) is -0.494. The number of likely N-dealkylation sites (tertiary alicyclic amines) is 1. The van der Waals surface area contributed by atoms with E-state index in [0.29, 0.717) is 19.4 Å². The second-order valence-electron chi connectivity index (χ2n) is 5.90. The molecule has 0 aromatic heterocycles. The number of urea groups is 1. The van der Waals surface area contributed by atoms with E-state index in [1.54, 1.807) is 6.92 Å². The van der Waals surface area contributed by atoms with Crippen molar-refractivity contribution >= 4 is 23.8 Å². The van der Waals surface area contributed by atoms with Crippen LogP contribution in [0.5, 0.6) is 0 Å². The van der Waals surface area contributed by atoms with E-state index < -0.39 is 23.3 Å². The van der Waals surface area contributed by atoms with Crippen LogP contribution >= 0.6 is 0 Å². The Bertz CT molecular complexity index is 506. The summed E-state index contributed by atoms with van der Waals surface area (Å²) in [5, 5.41) is 9.24. The topological polar surface area (TPSA) is 98.2 Å². The van der Waals surface area contributed by atoms with Gasteiger partial charge in [0.25, 0.3) is 5.91 Å². The molecule has 0 bridgehead atoms. The van der Waals surface area contributed by atoms with E-state index in [2.05, 4.69) is 0 Å². The Morgan fingerprint density at radius 2 is 2.00 bits per heavy atom. The Balaban J connectivity index is 2.02. The van der Waals surface area contributed by atoms with Gasteiger partial charge in [-0.1, -0.05) is 0 Å². The number of aliphatic carboxylic acids is 1. The zero-order valence-electron chi connectivity index (χ0n) is 12.2. The van der Waals surface area contributed by atoms with E-state index >= 15 is 0 Å². The number of carboxylic acid groups (broad SMARTS) is 1. The van der Waals surface area contributed by atoms with Crippen molar-refractivity contribution in [1.82, 2.24) is 14.7 Å². The van der Waals surface area contributed by atoms with Crippen molar-refractivity contribution in [2.45, 2.75) is 19.8 Å². The SMILES string of the molecule is CN1CC(=O)N(CC(=O)N2CCCC(C)(C(=O)O)C2)C1=O. The number of rotatable bonds is 3. The summed E-state index contributed by atoms with van der Waals surface area (Å²) in [5.74, 6) is -1.74. The Morgan fingerprint density at radius 1 is 1.33 bits per heavy atom. The molecule has 2 aliphatic heterocycles. The number of nitrogens with zero attached hydrogens (tertiary/aromatic N) is 3. The summed E-state index contributed by atoms with van der Waals surface area (Å²) >= 11 is 0. The summed E-state index contributed by atoms with van der Waals surface area (Å²) < 4.78 is 0. The van der Waals surface area contributed by atoms with Crippen LogP contribution in [-0.4, -0.2) is 76.8 Å². The fraction of sp³-hybridized carbons (Fsp3) is 0.692. The minimum atomic E-state index is -0.969. The molecule has 8 heteroatoms. The zero-order valence-corrected chi connectivity index (χ0v) is 12.2. The maximum absolute atomic E-state index is 12.2. The molecule has 2 aliphatic rings. The standard InChI is InChI=1S/C13H19N3O5/c1-13(11(19)20)4-3-5-15(8-13)9(17)7-16-10(18)6-14(2)12(16)21/h3-8H2,1-2H3,(H,19,20). The van der Waals surface area contributed by atoms with Crippen LogP contribution in [0.2, 0.25) is 0 Å². The number of likely N-dealkylation sites (N-methyl/N-ethyl adjacent to an activating group) is 1. The van der Waals surface area contributed by atoms with Gasteiger partial charge in [-0.2, -0.15) is 0 Å². The molecule has 0 aromatic rings. The number of amides is 4. The highest BCUT2D eigenvalue weighted by Gasteiger charge is 2.41. The average Bonchev–Trinajstić information content (AvgIpc) is 2.65. The fourth-order valence-electron chi connectivity index (χ4n) is 2.69. The lowest BCUT2D eigenvalue weighted by Gasteiger charge is -2.37. The first kappa shape index (κ1) is 15.3. The number of hydrogen-bond donors (Lipinski definition) is 1. The molecule has 2 saturated heterocycles. The largest absolute Gasteiger partial charge is 0.481 e. The molecule has 116 valence electrons. The number of carboxylic acids is 1. The molecule has 2 fully saturated rings. The van der Waals surface area contributed by atoms with Crippen molar-refractivity contribution in [3.8, 4) is 0 Å². The van der Waals surface area contributed by atoms with Crippen molar-refractivity contribution in [2.75, 3.05) is 33.2 Å². The monoisotopic (exact) mass is 297 g/mol. The first-order valence-corrected chi connectivity index (χ1v) is 6.81. The average molecular weight is 297 g/mol. The Morgan fingerprint density at radius 3 is 2.52 bits per heavy atom. The minimum absolute atomic E-state index is 0.0288. The van der Waals surface area contributed by atoms with Gasteiger partial charge in [0.05, 0.1) is 5.41 Å². The van der Waals surface area contributed by atoms with Crippen molar-refractivity contribution in [2.24, 2.45) is 5.41 Å². The van der Waals surface area contributed by atoms with Gasteiger partial charge < -0.3 is 14.9 Å². The van der Waals surface area contributed by atoms with Gasteiger partial charge in [0.2, 0.25) is 5.91 Å². The number of piperidine rings is 1. The molecule has 0 radical (unpaired) electrons. The van der Waals surface area contributed by atoms with Gasteiger partial charge in [-0.3, -0.25) is 19.3 Å². The number of carbonyl (C=O) groups is 4. The molecular weight excluding hydrogens is 278 g/mol. The van der Waals surface area contributed by atoms with Crippen molar-refractivity contribution in [3.05, 3.63) is 0 Å². The summed E-state index contributed by atoms with van der Waals surface area (Å²) in [4.78, 5) is 50.5. The highest BCUT2D eigenvalue weighted by molar-refractivity contribution is 6.04. The molecule has 0 saturated carbocycles. The van der Waals surface area contributed by atoms with Crippen LogP contribution < -0.4 is 0 Å². The summed E-state index contributed by atoms with van der Waals surface area (Å²) in [6.07, 6.45) is 1.10. The molecule has 1 unspecified atom stereocenters. The van der Waals surface area contributed by atoms with Crippen molar-refractivity contribution in [3.63, 3.8) is 0 Å². The summed E-state index contributed by atoms with van der Waals surface area (Å²) in [5.41, 5.74) is -0.969. The van der Waals surface area contributed by atoms with Crippen molar-refractivity contribution < 1.29 is 24.3 Å². The molecule has 4 amide bonds. The second kappa shape index (κ2) is 5.34. The van der Waals surface area contributed by atoms with E-state index in [1.807, 2.05) is 0 Å². The van der Waals surface area contributed by atoms with Gasteiger partial charge in [0.1, 0.15) is 13.1 Å². The highest BCUT2D eigenvalue weighted by Crippen LogP contribution is 2.29. The van der Waals surface area contributed by atoms with Crippen LogP contribution in [0.4, 0.5) is 4.79 Å². The van der Waals surface area contributed by atoms with Crippen LogP contribution in [0.3, 0.4) is 0 Å². The number of carbonyl (C=O) groups excluding carboxylic acids is 3. The summed E-state index contributed by atoms with van der Waals surface area (Å²) in [6.45, 7) is 1.81. The minimum Gasteiger partial charge on any atom is -0.481 e. The van der Waals surface area contributed by atoms with Crippen LogP contribution in [0.15, 0.2) is 0 Å². The van der Waals surface area contributed by atoms with Crippen LogP contribution in [-0.2, 0) is 14.4 Å². The lowest BCUT2D eigenvalue weighted by Crippen LogP contribution is -2.51. The first-order chi connectivity index (χ1) is 9.74. The Labute approximate surface area is 122 Å². The van der Waals surface area contributed by atoms with E-state index in [0.717, 1.165) is 4.90 Å². The molecule has 1 atom stereocenters. The maximum atomic E-state index is 12.2. The molecule has 2 rings (SSSR count).